The number of phosphoric acid groups is 1. The van der Waals surface area contributed by atoms with Crippen LogP contribution in [0.5, 0.6) is 0 Å². The largest absolute Gasteiger partial charge is 0.472 e. The van der Waals surface area contributed by atoms with E-state index in [-0.39, 0.29) is 44.0 Å². The van der Waals surface area contributed by atoms with Gasteiger partial charge in [0.25, 0.3) is 0 Å². The zero-order chi connectivity index (χ0) is 49.3. The van der Waals surface area contributed by atoms with Gasteiger partial charge in [0.2, 0.25) is 0 Å². The maximum absolute atomic E-state index is 12.8. The lowest BCUT2D eigenvalue weighted by atomic mass is 9.72. The van der Waals surface area contributed by atoms with Crippen molar-refractivity contribution in [1.82, 2.24) is 0 Å². The first kappa shape index (κ1) is 62.4. The van der Waals surface area contributed by atoms with E-state index in [1.165, 1.54) is 158 Å². The number of esters is 2. The molecule has 0 aromatic heterocycles. The quantitative estimate of drug-likeness (QED) is 0.0211. The average Bonchev–Trinajstić information content (AvgIpc) is 3.28. The SMILES string of the molecule is CCCCCCCCCCCCCCCC(=O)OCC(COP(=O)(O)OCCN=C/C=C(C)/C=C/C=C(C)/C=C/C1=C(C)CCCC1(C)C)OC(=O)CCCCCCCCCCCCCCC. The standard InChI is InChI=1S/C57H100NO8P/c1-8-10-12-14-16-18-20-22-24-26-28-30-32-39-55(59)63-48-53(66-56(60)40-33-31-29-27-25-23-21-19-17-15-13-11-9-2)49-65-67(61,62)64-47-46-58-45-43-51(4)37-34-36-50(3)41-42-54-52(5)38-35-44-57(54,6)7/h34,36-37,41-43,45,53H,8-33,35,38-40,44,46-49H2,1-7H3,(H,61,62)/b37-34+,42-41+,50-36+,51-43+,58-45?. The van der Waals surface area contributed by atoms with Gasteiger partial charge in [0.05, 0.1) is 19.8 Å². The summed E-state index contributed by atoms with van der Waals surface area (Å²) in [4.78, 5) is 40.2. The smallest absolute Gasteiger partial charge is 0.462 e. The van der Waals surface area contributed by atoms with E-state index in [4.69, 9.17) is 18.5 Å². The van der Waals surface area contributed by atoms with Crippen LogP contribution in [0, 0.1) is 5.41 Å². The van der Waals surface area contributed by atoms with Gasteiger partial charge in [0.1, 0.15) is 6.61 Å². The van der Waals surface area contributed by atoms with Crippen LogP contribution in [-0.4, -0.2) is 55.5 Å². The number of hydrogen-bond donors (Lipinski definition) is 1. The first-order valence-electron chi connectivity index (χ1n) is 27.2. The molecule has 0 aliphatic heterocycles. The van der Waals surface area contributed by atoms with Gasteiger partial charge >= 0.3 is 19.8 Å². The predicted octanol–water partition coefficient (Wildman–Crippen LogP) is 17.1. The molecule has 2 atom stereocenters. The minimum Gasteiger partial charge on any atom is -0.462 e. The van der Waals surface area contributed by atoms with E-state index >= 15 is 0 Å². The van der Waals surface area contributed by atoms with E-state index in [2.05, 4.69) is 64.8 Å². The molecule has 0 spiro atoms. The van der Waals surface area contributed by atoms with Gasteiger partial charge in [-0.15, -0.1) is 0 Å². The Morgan fingerprint density at radius 2 is 1.15 bits per heavy atom. The van der Waals surface area contributed by atoms with Crippen LogP contribution in [0.15, 0.2) is 63.7 Å². The molecule has 67 heavy (non-hydrogen) atoms. The number of carbonyl (C=O) groups excluding carboxylic acids is 2. The predicted molar refractivity (Wildman–Crippen MR) is 283 cm³/mol. The van der Waals surface area contributed by atoms with Crippen LogP contribution >= 0.6 is 7.82 Å². The van der Waals surface area contributed by atoms with E-state index in [1.807, 2.05) is 25.2 Å². The van der Waals surface area contributed by atoms with Crippen molar-refractivity contribution >= 4 is 26.0 Å². The Labute approximate surface area is 411 Å². The number of nitrogens with zero attached hydrogens (tertiary/aromatic N) is 1. The number of aliphatic imine (C=N–C) groups is 1. The molecule has 0 fully saturated rings. The number of rotatable bonds is 43. The lowest BCUT2D eigenvalue weighted by Crippen LogP contribution is -2.29. The van der Waals surface area contributed by atoms with Crippen LogP contribution in [0.4, 0.5) is 0 Å². The maximum Gasteiger partial charge on any atom is 0.472 e. The Bertz CT molecular complexity index is 1520. The second kappa shape index (κ2) is 41.2. The van der Waals surface area contributed by atoms with Gasteiger partial charge in [0.15, 0.2) is 6.10 Å². The molecule has 0 bridgehead atoms. The number of hydrogen-bond acceptors (Lipinski definition) is 8. The lowest BCUT2D eigenvalue weighted by molar-refractivity contribution is -0.161. The molecule has 0 heterocycles. The molecule has 10 heteroatoms. The van der Waals surface area contributed by atoms with Gasteiger partial charge in [-0.2, -0.15) is 0 Å². The van der Waals surface area contributed by atoms with Crippen LogP contribution in [0.2, 0.25) is 0 Å². The number of allylic oxidation sites excluding steroid dienone is 10. The van der Waals surface area contributed by atoms with Crippen molar-refractivity contribution in [3.8, 4) is 0 Å². The minimum atomic E-state index is -4.50. The van der Waals surface area contributed by atoms with Crippen molar-refractivity contribution < 1.29 is 37.6 Å². The summed E-state index contributed by atoms with van der Waals surface area (Å²) in [5, 5.41) is 0. The molecule has 9 nitrogen and oxygen atoms in total. The average molecular weight is 958 g/mol. The van der Waals surface area contributed by atoms with E-state index in [0.29, 0.717) is 6.42 Å². The number of ether oxygens (including phenoxy) is 2. The summed E-state index contributed by atoms with van der Waals surface area (Å²) in [6.07, 6.45) is 48.7. The summed E-state index contributed by atoms with van der Waals surface area (Å²) in [6, 6.07) is 0. The molecule has 0 amide bonds. The fraction of sp³-hybridized carbons (Fsp3) is 0.772. The lowest BCUT2D eigenvalue weighted by Gasteiger charge is -2.32. The summed E-state index contributed by atoms with van der Waals surface area (Å²) in [6.45, 7) is 14.8. The number of phosphoric ester groups is 1. The van der Waals surface area contributed by atoms with Crippen molar-refractivity contribution in [2.45, 2.75) is 254 Å². The zero-order valence-electron chi connectivity index (χ0n) is 44.1. The first-order chi connectivity index (χ1) is 32.3. The Hall–Kier alpha value is -2.58. The maximum atomic E-state index is 12.8. The van der Waals surface area contributed by atoms with Gasteiger partial charge in [-0.25, -0.2) is 4.57 Å². The van der Waals surface area contributed by atoms with Crippen molar-refractivity contribution in [2.24, 2.45) is 10.4 Å². The Morgan fingerprint density at radius 1 is 0.672 bits per heavy atom. The Kier molecular flexibility index (Phi) is 38.4. The third-order valence-electron chi connectivity index (χ3n) is 12.8. The minimum absolute atomic E-state index is 0.144. The molecule has 0 saturated carbocycles. The van der Waals surface area contributed by atoms with Crippen LogP contribution < -0.4 is 0 Å². The van der Waals surface area contributed by atoms with Crippen molar-refractivity contribution in [3.05, 3.63) is 58.7 Å². The topological polar surface area (TPSA) is 121 Å². The molecule has 2 unspecified atom stereocenters. The number of unbranched alkanes of at least 4 members (excludes halogenated alkanes) is 24. The zero-order valence-corrected chi connectivity index (χ0v) is 45.0. The molecular weight excluding hydrogens is 858 g/mol. The molecule has 1 N–H and O–H groups in total. The van der Waals surface area contributed by atoms with Crippen LogP contribution in [0.3, 0.4) is 0 Å². The normalized spacial score (nSPS) is 16.1. The highest BCUT2D eigenvalue weighted by atomic mass is 31.2. The summed E-state index contributed by atoms with van der Waals surface area (Å²) < 4.78 is 34.3. The van der Waals surface area contributed by atoms with Gasteiger partial charge < -0.3 is 14.4 Å². The molecule has 386 valence electrons. The summed E-state index contributed by atoms with van der Waals surface area (Å²) in [7, 11) is -4.50. The molecule has 1 rings (SSSR count). The van der Waals surface area contributed by atoms with Crippen molar-refractivity contribution in [1.29, 1.82) is 0 Å². The van der Waals surface area contributed by atoms with Gasteiger partial charge in [0, 0.05) is 19.1 Å². The fourth-order valence-corrected chi connectivity index (χ4v) is 9.29. The summed E-state index contributed by atoms with van der Waals surface area (Å²) in [5.41, 5.74) is 5.32. The van der Waals surface area contributed by atoms with Crippen molar-refractivity contribution in [2.75, 3.05) is 26.4 Å². The summed E-state index contributed by atoms with van der Waals surface area (Å²) in [5.74, 6) is -0.826. The molecule has 1 aliphatic carbocycles. The van der Waals surface area contributed by atoms with Crippen LogP contribution in [-0.2, 0) is 32.7 Å². The molecule has 0 aromatic carbocycles. The van der Waals surface area contributed by atoms with Crippen LogP contribution in [0.25, 0.3) is 0 Å². The van der Waals surface area contributed by atoms with Gasteiger partial charge in [-0.05, 0) is 75.5 Å². The molecule has 0 aromatic rings. The highest BCUT2D eigenvalue weighted by Gasteiger charge is 2.27. The van der Waals surface area contributed by atoms with Crippen molar-refractivity contribution in [3.63, 3.8) is 0 Å². The van der Waals surface area contributed by atoms with Gasteiger partial charge in [-0.3, -0.25) is 23.6 Å². The third-order valence-corrected chi connectivity index (χ3v) is 13.8. The van der Waals surface area contributed by atoms with E-state index in [1.54, 1.807) is 6.21 Å². The summed E-state index contributed by atoms with van der Waals surface area (Å²) >= 11 is 0. The first-order valence-corrected chi connectivity index (χ1v) is 28.7. The fourth-order valence-electron chi connectivity index (χ4n) is 8.55. The Balaban J connectivity index is 2.52. The Morgan fingerprint density at radius 3 is 1.66 bits per heavy atom. The van der Waals surface area contributed by atoms with E-state index in [0.717, 1.165) is 44.1 Å². The number of carbonyl (C=O) groups is 2. The highest BCUT2D eigenvalue weighted by molar-refractivity contribution is 7.47. The van der Waals surface area contributed by atoms with E-state index in [9.17, 15) is 19.0 Å². The molecule has 0 saturated heterocycles. The second-order valence-corrected chi connectivity index (χ2v) is 21.3. The molecule has 1 aliphatic rings. The molecular formula is C57H100NO8P. The molecule has 0 radical (unpaired) electrons. The van der Waals surface area contributed by atoms with Gasteiger partial charge in [-0.1, -0.05) is 223 Å². The van der Waals surface area contributed by atoms with E-state index < -0.39 is 26.5 Å². The third kappa shape index (κ3) is 37.0. The monoisotopic (exact) mass is 958 g/mol. The second-order valence-electron chi connectivity index (χ2n) is 19.9. The van der Waals surface area contributed by atoms with Crippen LogP contribution in [0.1, 0.15) is 248 Å². The highest BCUT2D eigenvalue weighted by Crippen LogP contribution is 2.43.